The van der Waals surface area contributed by atoms with Crippen LogP contribution in [-0.2, 0) is 46.3 Å². The van der Waals surface area contributed by atoms with Crippen LogP contribution >= 0.6 is 15.6 Å². The van der Waals surface area contributed by atoms with Crippen LogP contribution in [0.1, 0.15) is 207 Å². The second-order valence-corrected chi connectivity index (χ2v) is 24.3. The number of fused-ring (bicyclic) bond motifs is 3. The zero-order chi connectivity index (χ0) is 55.9. The van der Waals surface area contributed by atoms with Crippen LogP contribution in [0.4, 0.5) is 5.82 Å². The molecule has 0 radical (unpaired) electrons. The van der Waals surface area contributed by atoms with E-state index >= 15 is 0 Å². The largest absolute Gasteiger partial charge is 0.481 e. The third kappa shape index (κ3) is 28.0. The first-order valence-corrected chi connectivity index (χ1v) is 31.3. The van der Waals surface area contributed by atoms with E-state index in [9.17, 15) is 58.8 Å². The number of carbonyl (C=O) groups is 2. The summed E-state index contributed by atoms with van der Waals surface area (Å²) in [6.45, 7) is 3.91. The number of unbranched alkanes of at least 4 members (excludes halogenated alkanes) is 16. The Hall–Kier alpha value is -2.62. The molecule has 1 aromatic rings. The maximum Gasteiger partial charge on any atom is 0.481 e. The van der Waals surface area contributed by atoms with Gasteiger partial charge >= 0.3 is 33.3 Å². The third-order valence-corrected chi connectivity index (χ3v) is 16.7. The van der Waals surface area contributed by atoms with Gasteiger partial charge in [0.1, 0.15) is 30.9 Å². The van der Waals surface area contributed by atoms with Gasteiger partial charge in [0.2, 0.25) is 0 Å². The number of aliphatic hydroxyl groups excluding tert-OH is 5. The first kappa shape index (κ1) is 67.7. The summed E-state index contributed by atoms with van der Waals surface area (Å²) in [4.78, 5) is 64.3. The molecular formula is C53H95N3O18P2. The van der Waals surface area contributed by atoms with Gasteiger partial charge in [-0.05, 0) is 37.7 Å². The highest BCUT2D eigenvalue weighted by Crippen LogP contribution is 2.60. The van der Waals surface area contributed by atoms with Crippen molar-refractivity contribution < 1.29 is 81.6 Å². The van der Waals surface area contributed by atoms with Gasteiger partial charge in [-0.2, -0.15) is 9.29 Å². The zero-order valence-electron chi connectivity index (χ0n) is 45.6. The molecule has 21 nitrogen and oxygen atoms in total. The molecule has 2 aliphatic heterocycles. The number of nitrogens with zero attached hydrogens (tertiary/aromatic N) is 2. The topological polar surface area (TPSA) is 326 Å². The molecule has 2 aliphatic rings. The Kier molecular flexibility index (Phi) is 33.2. The Labute approximate surface area is 450 Å². The van der Waals surface area contributed by atoms with Crippen LogP contribution < -0.4 is 11.4 Å². The molecule has 440 valence electrons. The van der Waals surface area contributed by atoms with E-state index in [2.05, 4.69) is 23.1 Å². The van der Waals surface area contributed by atoms with E-state index < -0.39 is 120 Å². The fraction of sp³-hybridized carbons (Fsp3) is 0.849. The summed E-state index contributed by atoms with van der Waals surface area (Å²) in [7, 11) is -11.3. The van der Waals surface area contributed by atoms with Gasteiger partial charge in [0.25, 0.3) is 0 Å². The van der Waals surface area contributed by atoms with Crippen molar-refractivity contribution in [2.24, 2.45) is 17.8 Å². The minimum Gasteiger partial charge on any atom is -0.462 e. The molecule has 2 fully saturated rings. The maximum absolute atomic E-state index is 13.4. The second-order valence-electron chi connectivity index (χ2n) is 21.2. The highest BCUT2D eigenvalue weighted by atomic mass is 31.3. The minimum absolute atomic E-state index is 0.0920. The molecule has 0 amide bonds. The molecule has 9 N–H and O–H groups in total. The highest BCUT2D eigenvalue weighted by Gasteiger charge is 2.45. The van der Waals surface area contributed by atoms with Crippen LogP contribution in [0.2, 0.25) is 0 Å². The van der Waals surface area contributed by atoms with Gasteiger partial charge in [0, 0.05) is 37.3 Å². The van der Waals surface area contributed by atoms with Crippen LogP contribution in [0.3, 0.4) is 0 Å². The lowest BCUT2D eigenvalue weighted by Gasteiger charge is -2.41. The number of ether oxygens (including phenoxy) is 3. The third-order valence-electron chi connectivity index (χ3n) is 14.1. The molecule has 3 rings (SSSR count). The number of hydrogen-bond donors (Lipinski definition) is 8. The first-order chi connectivity index (χ1) is 36.2. The summed E-state index contributed by atoms with van der Waals surface area (Å²) in [5, 5.41) is 57.6. The van der Waals surface area contributed by atoms with Crippen LogP contribution in [0.5, 0.6) is 0 Å². The Bertz CT molecular complexity index is 1960. The molecule has 2 bridgehead atoms. The number of rotatable bonds is 27. The van der Waals surface area contributed by atoms with Gasteiger partial charge in [-0.1, -0.05) is 168 Å². The first-order valence-electron chi connectivity index (χ1n) is 28.3. The van der Waals surface area contributed by atoms with Crippen molar-refractivity contribution in [2.75, 3.05) is 25.6 Å². The molecule has 2 saturated heterocycles. The van der Waals surface area contributed by atoms with Crippen molar-refractivity contribution in [2.45, 2.75) is 250 Å². The number of hydrogen-bond acceptors (Lipinski definition) is 18. The van der Waals surface area contributed by atoms with E-state index in [1.54, 1.807) is 0 Å². The van der Waals surface area contributed by atoms with Crippen LogP contribution in [0.15, 0.2) is 29.2 Å². The van der Waals surface area contributed by atoms with Gasteiger partial charge in [-0.3, -0.25) is 23.2 Å². The number of phosphoric acid groups is 2. The maximum atomic E-state index is 13.4. The Morgan fingerprint density at radius 1 is 0.803 bits per heavy atom. The van der Waals surface area contributed by atoms with Crippen LogP contribution in [0.25, 0.3) is 0 Å². The zero-order valence-corrected chi connectivity index (χ0v) is 47.4. The molecule has 0 aromatic carbocycles. The summed E-state index contributed by atoms with van der Waals surface area (Å²) in [6, 6.07) is 1.26. The number of nitrogens with two attached hydrogens (primary N) is 1. The summed E-state index contributed by atoms with van der Waals surface area (Å²) in [5.74, 6) is -3.16. The quantitative estimate of drug-likeness (QED) is 0.0177. The number of anilines is 1. The smallest absolute Gasteiger partial charge is 0.462 e. The van der Waals surface area contributed by atoms with Gasteiger partial charge in [0.15, 0.2) is 6.10 Å². The fourth-order valence-corrected chi connectivity index (χ4v) is 11.7. The Balaban J connectivity index is 1.68. The van der Waals surface area contributed by atoms with Gasteiger partial charge in [-0.25, -0.2) is 13.9 Å². The summed E-state index contributed by atoms with van der Waals surface area (Å²) in [6.07, 6.45) is 13.7. The molecule has 2 unspecified atom stereocenters. The van der Waals surface area contributed by atoms with Crippen molar-refractivity contribution in [3.8, 4) is 0 Å². The van der Waals surface area contributed by atoms with Gasteiger partial charge < -0.3 is 55.3 Å². The van der Waals surface area contributed by atoms with Gasteiger partial charge in [0.05, 0.1) is 37.6 Å². The molecular weight excluding hydrogens is 1030 g/mol. The number of cyclic esters (lactones) is 1. The van der Waals surface area contributed by atoms with E-state index in [1.807, 2.05) is 6.92 Å². The van der Waals surface area contributed by atoms with Crippen molar-refractivity contribution in [1.29, 1.82) is 0 Å². The Morgan fingerprint density at radius 3 is 1.99 bits per heavy atom. The molecule has 0 spiro atoms. The highest BCUT2D eigenvalue weighted by molar-refractivity contribution is 7.61. The molecule has 1 aromatic heterocycles. The van der Waals surface area contributed by atoms with E-state index in [-0.39, 0.29) is 25.1 Å². The molecule has 3 heterocycles. The molecule has 76 heavy (non-hydrogen) atoms. The Morgan fingerprint density at radius 2 is 1.38 bits per heavy atom. The normalized spacial score (nSPS) is 29.5. The van der Waals surface area contributed by atoms with Gasteiger partial charge in [-0.15, -0.1) is 0 Å². The molecule has 23 heteroatoms. The van der Waals surface area contributed by atoms with Crippen molar-refractivity contribution >= 4 is 33.4 Å². The number of aliphatic hydroxyl groups is 5. The standard InChI is InChI=1S/C53H95N3O18P2/c1-4-5-21-27-40(57)31-32-42-44(58)35-45(59)43-28-23-19-20-25-30-49(61)72-41(36-69-48(60)29-24-18-16-14-12-10-8-6-7-9-11-13-15-17-22-26-39(2)3)37-70-75(65,66)74-76(67,68)71-38-46(51(63)50(42)62)73-52(43)56-34-33-47(54)55-53(56)64/h31-34,39-46,50-52,57-59,62-63H,4-30,35-38H2,1-3H3,(H,65,66)(H,67,68)(H2,54,55,64)/b32-31-/t40-,41+,42-,43-,44+,45-,46+,50-,51+,52+/m0/s1. The predicted octanol–water partition coefficient (Wildman–Crippen LogP) is 8.63. The number of aromatic nitrogens is 2. The second kappa shape index (κ2) is 37.3. The van der Waals surface area contributed by atoms with E-state index in [0.717, 1.165) is 49.0 Å². The molecule has 12 atom stereocenters. The number of phosphoric ester groups is 2. The fourth-order valence-electron chi connectivity index (χ4n) is 9.63. The number of esters is 2. The van der Waals surface area contributed by atoms with Crippen molar-refractivity contribution in [3.05, 3.63) is 34.9 Å². The molecule has 0 saturated carbocycles. The number of nitrogen functional groups attached to an aromatic ring is 1. The van der Waals surface area contributed by atoms with E-state index in [0.29, 0.717) is 44.9 Å². The van der Waals surface area contributed by atoms with E-state index in [1.165, 1.54) is 95.0 Å². The average Bonchev–Trinajstić information content (AvgIpc) is 3.35. The SMILES string of the molecule is CCCCC[C@H](O)/C=C\[C@@H]1[C@H](O)[C@H](O)[C@H]2COP(=O)(O)OP(=O)(O)OC[C@@H](COC(=O)CCCCCCCCCCCCCCCCCC(C)C)OC(=O)CCCCCC[C@H]([C@H](n3ccc(N)nc3=O)O2)[C@@H](O)C[C@H]1O. The van der Waals surface area contributed by atoms with Crippen molar-refractivity contribution in [1.82, 2.24) is 9.55 Å². The van der Waals surface area contributed by atoms with Crippen LogP contribution in [0, 0.1) is 17.8 Å². The van der Waals surface area contributed by atoms with E-state index in [4.69, 9.17) is 29.0 Å². The monoisotopic (exact) mass is 1120 g/mol. The predicted molar refractivity (Wildman–Crippen MR) is 286 cm³/mol. The minimum atomic E-state index is -5.69. The number of carbonyl (C=O) groups excluding carboxylic acids is 2. The summed E-state index contributed by atoms with van der Waals surface area (Å²) >= 11 is 0. The lowest BCUT2D eigenvalue weighted by atomic mass is 9.82. The summed E-state index contributed by atoms with van der Waals surface area (Å²) < 4.78 is 59.3. The lowest BCUT2D eigenvalue weighted by Crippen LogP contribution is -2.52. The summed E-state index contributed by atoms with van der Waals surface area (Å²) in [5.41, 5.74) is 4.82. The molecule has 0 aliphatic carbocycles. The average molecular weight is 1120 g/mol. The van der Waals surface area contributed by atoms with Crippen molar-refractivity contribution in [3.63, 3.8) is 0 Å². The lowest BCUT2D eigenvalue weighted by molar-refractivity contribution is -0.195. The van der Waals surface area contributed by atoms with Crippen LogP contribution in [-0.4, -0.2) is 119 Å².